The first-order valence-electron chi connectivity index (χ1n) is 11.9. The lowest BCUT2D eigenvalue weighted by Gasteiger charge is -2.35. The maximum Gasteiger partial charge on any atom is 0.310 e. The van der Waals surface area contributed by atoms with Crippen LogP contribution >= 0.6 is 27.7 Å². The lowest BCUT2D eigenvalue weighted by molar-refractivity contribution is -0.153. The number of aliphatic hydroxyl groups is 1. The molecule has 34 heavy (non-hydrogen) atoms. The first-order chi connectivity index (χ1) is 16.3. The molecule has 3 aliphatic heterocycles. The van der Waals surface area contributed by atoms with Crippen LogP contribution in [0.15, 0.2) is 24.3 Å². The molecular formula is C24H32BrN3O5S. The van der Waals surface area contributed by atoms with Gasteiger partial charge in [0.1, 0.15) is 6.04 Å². The standard InChI is InChI=1S/C24H32BrN3O5S/c1-4-27(5-2)15-9-7-14(8-10-15)26-21(30)20-24-13-16(25)19(34-24)17(23(32)33-6-3)18(24)22(31)28(20)11-12-29/h7-10,16-20,29H,4-6,11-13H2,1-3H3,(H,26,30)/t16?,17-,18+,19-,20?,24?/m1/s1. The van der Waals surface area contributed by atoms with E-state index in [-0.39, 0.29) is 47.6 Å². The molecule has 10 heteroatoms. The van der Waals surface area contributed by atoms with Crippen LogP contribution in [-0.2, 0) is 19.1 Å². The highest BCUT2D eigenvalue weighted by atomic mass is 79.9. The van der Waals surface area contributed by atoms with Crippen LogP contribution in [-0.4, -0.2) is 81.5 Å². The van der Waals surface area contributed by atoms with Crippen molar-refractivity contribution in [2.45, 2.75) is 48.1 Å². The van der Waals surface area contributed by atoms with E-state index in [1.54, 1.807) is 18.7 Å². The number of hydrogen-bond acceptors (Lipinski definition) is 7. The number of ether oxygens (including phenoxy) is 1. The summed E-state index contributed by atoms with van der Waals surface area (Å²) >= 11 is 5.25. The maximum absolute atomic E-state index is 13.7. The van der Waals surface area contributed by atoms with Gasteiger partial charge in [-0.15, -0.1) is 11.8 Å². The number of anilines is 2. The zero-order valence-corrected chi connectivity index (χ0v) is 22.1. The Morgan fingerprint density at radius 3 is 2.53 bits per heavy atom. The number of alkyl halides is 1. The number of hydrogen-bond donors (Lipinski definition) is 2. The average Bonchev–Trinajstić information content (AvgIpc) is 3.40. The molecule has 0 radical (unpaired) electrons. The van der Waals surface area contributed by atoms with E-state index in [0.29, 0.717) is 12.1 Å². The Kier molecular flexibility index (Phi) is 7.50. The molecule has 8 nitrogen and oxygen atoms in total. The summed E-state index contributed by atoms with van der Waals surface area (Å²) in [6, 6.07) is 6.88. The van der Waals surface area contributed by atoms with Crippen molar-refractivity contribution in [2.75, 3.05) is 43.1 Å². The maximum atomic E-state index is 13.7. The molecule has 3 unspecified atom stereocenters. The fourth-order valence-electron chi connectivity index (χ4n) is 5.84. The Labute approximate surface area is 212 Å². The summed E-state index contributed by atoms with van der Waals surface area (Å²) < 4.78 is 4.58. The van der Waals surface area contributed by atoms with Crippen molar-refractivity contribution in [3.63, 3.8) is 0 Å². The molecule has 0 saturated carbocycles. The first kappa shape index (κ1) is 25.3. The van der Waals surface area contributed by atoms with Crippen LogP contribution in [0.4, 0.5) is 11.4 Å². The fourth-order valence-corrected chi connectivity index (χ4v) is 9.44. The van der Waals surface area contributed by atoms with Crippen molar-refractivity contribution >= 4 is 56.9 Å². The molecule has 2 N–H and O–H groups in total. The molecule has 2 amide bonds. The SMILES string of the molecule is CCOC(=O)[C@H]1[C@@H]2SC3(CC2Br)C(C(=O)Nc2ccc(N(CC)CC)cc2)N(CCO)C(=O)[C@H]13. The zero-order valence-electron chi connectivity index (χ0n) is 19.7. The van der Waals surface area contributed by atoms with Gasteiger partial charge in [-0.3, -0.25) is 14.4 Å². The normalized spacial score (nSPS) is 31.5. The van der Waals surface area contributed by atoms with E-state index in [1.807, 2.05) is 24.3 Å². The average molecular weight is 555 g/mol. The molecule has 186 valence electrons. The molecule has 4 rings (SSSR count). The molecule has 3 aliphatic rings. The zero-order chi connectivity index (χ0) is 24.6. The summed E-state index contributed by atoms with van der Waals surface area (Å²) in [6.45, 7) is 7.74. The summed E-state index contributed by atoms with van der Waals surface area (Å²) in [5.74, 6) is -2.18. The number of rotatable bonds is 9. The molecule has 3 saturated heterocycles. The molecular weight excluding hydrogens is 522 g/mol. The number of benzene rings is 1. The minimum absolute atomic E-state index is 0.00585. The third-order valence-electron chi connectivity index (χ3n) is 7.20. The van der Waals surface area contributed by atoms with Gasteiger partial charge in [-0.25, -0.2) is 0 Å². The lowest BCUT2D eigenvalue weighted by Crippen LogP contribution is -2.52. The van der Waals surface area contributed by atoms with Crippen LogP contribution in [0, 0.1) is 11.8 Å². The van der Waals surface area contributed by atoms with Crippen LogP contribution in [0.1, 0.15) is 27.2 Å². The van der Waals surface area contributed by atoms with Gasteiger partial charge >= 0.3 is 5.97 Å². The van der Waals surface area contributed by atoms with Crippen LogP contribution in [0.5, 0.6) is 0 Å². The summed E-state index contributed by atoms with van der Waals surface area (Å²) in [7, 11) is 0. The number of thioether (sulfide) groups is 1. The van der Waals surface area contributed by atoms with E-state index in [0.717, 1.165) is 18.8 Å². The van der Waals surface area contributed by atoms with Crippen LogP contribution in [0.3, 0.4) is 0 Å². The third-order valence-corrected chi connectivity index (χ3v) is 10.4. The van der Waals surface area contributed by atoms with Gasteiger partial charge in [-0.1, -0.05) is 15.9 Å². The number of aliphatic hydroxyl groups excluding tert-OH is 1. The Morgan fingerprint density at radius 2 is 1.94 bits per heavy atom. The van der Waals surface area contributed by atoms with Crippen molar-refractivity contribution in [1.82, 2.24) is 4.90 Å². The van der Waals surface area contributed by atoms with Gasteiger partial charge in [0.15, 0.2) is 0 Å². The van der Waals surface area contributed by atoms with Gasteiger partial charge < -0.3 is 25.0 Å². The second-order valence-corrected chi connectivity index (χ2v) is 11.6. The summed E-state index contributed by atoms with van der Waals surface area (Å²) in [4.78, 5) is 43.7. The molecule has 3 fully saturated rings. The Balaban J connectivity index is 1.63. The molecule has 1 aromatic rings. The fraction of sp³-hybridized carbons (Fsp3) is 0.625. The topological polar surface area (TPSA) is 99.2 Å². The Morgan fingerprint density at radius 1 is 1.26 bits per heavy atom. The van der Waals surface area contributed by atoms with E-state index in [4.69, 9.17) is 4.74 Å². The van der Waals surface area contributed by atoms with E-state index in [9.17, 15) is 19.5 Å². The predicted molar refractivity (Wildman–Crippen MR) is 136 cm³/mol. The number of nitrogens with zero attached hydrogens (tertiary/aromatic N) is 2. The Bertz CT molecular complexity index is 943. The molecule has 0 aliphatic carbocycles. The predicted octanol–water partition coefficient (Wildman–Crippen LogP) is 2.49. The van der Waals surface area contributed by atoms with Crippen molar-refractivity contribution in [3.8, 4) is 0 Å². The number of likely N-dealkylation sites (tertiary alicyclic amines) is 1. The number of amides is 2. The molecule has 6 atom stereocenters. The number of esters is 1. The Hall–Kier alpha value is -1.78. The van der Waals surface area contributed by atoms with Gasteiger partial charge in [0.2, 0.25) is 11.8 Å². The van der Waals surface area contributed by atoms with Crippen molar-refractivity contribution in [2.24, 2.45) is 11.8 Å². The molecule has 0 aromatic heterocycles. The quantitative estimate of drug-likeness (QED) is 0.358. The second kappa shape index (κ2) is 10.1. The lowest BCUT2D eigenvalue weighted by atomic mass is 9.71. The molecule has 3 heterocycles. The molecule has 1 aromatic carbocycles. The number of nitrogens with one attached hydrogen (secondary N) is 1. The van der Waals surface area contributed by atoms with Gasteiger partial charge in [-0.2, -0.15) is 0 Å². The summed E-state index contributed by atoms with van der Waals surface area (Å²) in [6.07, 6.45) is 0.593. The van der Waals surface area contributed by atoms with E-state index in [2.05, 4.69) is 40.0 Å². The summed E-state index contributed by atoms with van der Waals surface area (Å²) in [5, 5.41) is 12.5. The van der Waals surface area contributed by atoms with Crippen LogP contribution in [0.2, 0.25) is 0 Å². The van der Waals surface area contributed by atoms with Gasteiger partial charge in [-0.05, 0) is 51.5 Å². The molecule has 2 bridgehead atoms. The first-order valence-corrected chi connectivity index (χ1v) is 13.7. The van der Waals surface area contributed by atoms with E-state index < -0.39 is 22.6 Å². The van der Waals surface area contributed by atoms with E-state index >= 15 is 0 Å². The van der Waals surface area contributed by atoms with Crippen molar-refractivity contribution < 1.29 is 24.2 Å². The van der Waals surface area contributed by atoms with Crippen LogP contribution in [0.25, 0.3) is 0 Å². The van der Waals surface area contributed by atoms with Gasteiger partial charge in [0, 0.05) is 41.1 Å². The monoisotopic (exact) mass is 553 g/mol. The number of β-amino-alcohol motifs (C(OH)–C–C–N with tert-alkyl or cyclic N) is 1. The smallest absolute Gasteiger partial charge is 0.310 e. The van der Waals surface area contributed by atoms with Crippen LogP contribution < -0.4 is 10.2 Å². The van der Waals surface area contributed by atoms with Crippen molar-refractivity contribution in [3.05, 3.63) is 24.3 Å². The van der Waals surface area contributed by atoms with E-state index in [1.165, 1.54) is 4.90 Å². The highest BCUT2D eigenvalue weighted by Gasteiger charge is 2.75. The van der Waals surface area contributed by atoms with Gasteiger partial charge in [0.25, 0.3) is 0 Å². The number of halogens is 1. The number of carbonyl (C=O) groups excluding carboxylic acids is 3. The molecule has 1 spiro atoms. The summed E-state index contributed by atoms with van der Waals surface area (Å²) in [5.41, 5.74) is 1.72. The second-order valence-electron chi connectivity index (χ2n) is 8.88. The highest BCUT2D eigenvalue weighted by molar-refractivity contribution is 9.09. The largest absolute Gasteiger partial charge is 0.466 e. The third kappa shape index (κ3) is 4.01. The van der Waals surface area contributed by atoms with Gasteiger partial charge in [0.05, 0.1) is 29.8 Å². The minimum Gasteiger partial charge on any atom is -0.466 e. The number of carbonyl (C=O) groups is 3. The highest BCUT2D eigenvalue weighted by Crippen LogP contribution is 2.67. The minimum atomic E-state index is -0.783. The van der Waals surface area contributed by atoms with Crippen molar-refractivity contribution in [1.29, 1.82) is 0 Å². The number of fused-ring (bicyclic) bond motifs is 1.